The second-order valence-electron chi connectivity index (χ2n) is 7.36. The Morgan fingerprint density at radius 2 is 1.83 bits per heavy atom. The molecule has 2 atom stereocenters. The Hall–Kier alpha value is -3.02. The number of nitrogens with one attached hydrogen (secondary N) is 1. The van der Waals surface area contributed by atoms with Gasteiger partial charge in [-0.3, -0.25) is 9.59 Å². The number of amides is 2. The van der Waals surface area contributed by atoms with E-state index in [9.17, 15) is 9.59 Å². The van der Waals surface area contributed by atoms with Crippen LogP contribution in [-0.4, -0.2) is 32.6 Å². The van der Waals surface area contributed by atoms with E-state index in [1.165, 1.54) is 0 Å². The number of rotatable bonds is 7. The van der Waals surface area contributed by atoms with E-state index in [1.807, 2.05) is 18.2 Å². The first-order valence-corrected chi connectivity index (χ1v) is 9.90. The molecule has 1 aliphatic rings. The van der Waals surface area contributed by atoms with E-state index in [1.54, 1.807) is 37.3 Å². The van der Waals surface area contributed by atoms with E-state index >= 15 is 0 Å². The highest BCUT2D eigenvalue weighted by molar-refractivity contribution is 6.04. The molecule has 1 heterocycles. The highest BCUT2D eigenvalue weighted by Gasteiger charge is 2.36. The summed E-state index contributed by atoms with van der Waals surface area (Å²) in [7, 11) is 3.12. The quantitative estimate of drug-likeness (QED) is 0.761. The Bertz CT molecular complexity index is 874. The molecule has 6 heteroatoms. The standard InChI is InChI=1S/C23H28N2O4/c1-5-15(2)20-8-6-7-9-21(20)25-14-16(10-22(25)26)23(27)24-17-11-18(28-3)13-19(12-17)29-4/h6-9,11-13,15-16H,5,10,14H2,1-4H3,(H,24,27)/t15-,16+/m1/s1. The fourth-order valence-electron chi connectivity index (χ4n) is 3.61. The predicted molar refractivity (Wildman–Crippen MR) is 114 cm³/mol. The molecule has 29 heavy (non-hydrogen) atoms. The minimum Gasteiger partial charge on any atom is -0.497 e. The molecule has 0 saturated carbocycles. The van der Waals surface area contributed by atoms with E-state index in [0.29, 0.717) is 29.6 Å². The normalized spacial score (nSPS) is 17.2. The van der Waals surface area contributed by atoms with Gasteiger partial charge >= 0.3 is 0 Å². The average molecular weight is 396 g/mol. The Morgan fingerprint density at radius 1 is 1.17 bits per heavy atom. The van der Waals surface area contributed by atoms with Gasteiger partial charge in [-0.05, 0) is 24.0 Å². The summed E-state index contributed by atoms with van der Waals surface area (Å²) in [5, 5.41) is 2.90. The van der Waals surface area contributed by atoms with Crippen LogP contribution in [0.4, 0.5) is 11.4 Å². The van der Waals surface area contributed by atoms with Crippen LogP contribution in [0.2, 0.25) is 0 Å². The summed E-state index contributed by atoms with van der Waals surface area (Å²) in [5.41, 5.74) is 2.63. The van der Waals surface area contributed by atoms with Gasteiger partial charge < -0.3 is 19.7 Å². The summed E-state index contributed by atoms with van der Waals surface area (Å²) in [6.45, 7) is 4.66. The first-order valence-electron chi connectivity index (χ1n) is 9.90. The molecular weight excluding hydrogens is 368 g/mol. The zero-order valence-electron chi connectivity index (χ0n) is 17.4. The second kappa shape index (κ2) is 8.99. The van der Waals surface area contributed by atoms with Crippen molar-refractivity contribution in [3.8, 4) is 11.5 Å². The third-order valence-electron chi connectivity index (χ3n) is 5.49. The summed E-state index contributed by atoms with van der Waals surface area (Å²) in [5.74, 6) is 0.902. The number of para-hydroxylation sites is 1. The van der Waals surface area contributed by atoms with Gasteiger partial charge in [0.05, 0.1) is 20.1 Å². The number of ether oxygens (including phenoxy) is 2. The summed E-state index contributed by atoms with van der Waals surface area (Å²) < 4.78 is 10.5. The van der Waals surface area contributed by atoms with Gasteiger partial charge in [-0.2, -0.15) is 0 Å². The third kappa shape index (κ3) is 4.53. The molecule has 2 aromatic rings. The predicted octanol–water partition coefficient (Wildman–Crippen LogP) is 4.21. The molecule has 1 aliphatic heterocycles. The van der Waals surface area contributed by atoms with Gasteiger partial charge in [-0.1, -0.05) is 32.0 Å². The molecule has 2 aromatic carbocycles. The number of hydrogen-bond donors (Lipinski definition) is 1. The van der Waals surface area contributed by atoms with Gasteiger partial charge in [0, 0.05) is 42.5 Å². The van der Waals surface area contributed by atoms with Crippen LogP contribution in [0.3, 0.4) is 0 Å². The van der Waals surface area contributed by atoms with Crippen LogP contribution in [0.15, 0.2) is 42.5 Å². The smallest absolute Gasteiger partial charge is 0.229 e. The largest absolute Gasteiger partial charge is 0.497 e. The highest BCUT2D eigenvalue weighted by atomic mass is 16.5. The number of methoxy groups -OCH3 is 2. The minimum atomic E-state index is -0.412. The number of benzene rings is 2. The van der Waals surface area contributed by atoms with E-state index in [2.05, 4.69) is 25.2 Å². The first kappa shape index (κ1) is 20.7. The van der Waals surface area contributed by atoms with Crippen molar-refractivity contribution in [3.05, 3.63) is 48.0 Å². The van der Waals surface area contributed by atoms with E-state index in [-0.39, 0.29) is 18.2 Å². The third-order valence-corrected chi connectivity index (χ3v) is 5.49. The maximum Gasteiger partial charge on any atom is 0.229 e. The molecule has 0 radical (unpaired) electrons. The fourth-order valence-corrected chi connectivity index (χ4v) is 3.61. The molecule has 0 unspecified atom stereocenters. The summed E-state index contributed by atoms with van der Waals surface area (Å²) in [6, 6.07) is 13.2. The number of anilines is 2. The van der Waals surface area contributed by atoms with Crippen LogP contribution >= 0.6 is 0 Å². The van der Waals surface area contributed by atoms with Crippen molar-refractivity contribution in [2.24, 2.45) is 5.92 Å². The molecule has 0 aliphatic carbocycles. The lowest BCUT2D eigenvalue weighted by Crippen LogP contribution is -2.29. The SMILES string of the molecule is CC[C@@H](C)c1ccccc1N1C[C@@H](C(=O)Nc2cc(OC)cc(OC)c2)CC1=O. The molecular formula is C23H28N2O4. The fraction of sp³-hybridized carbons (Fsp3) is 0.391. The number of carbonyl (C=O) groups excluding carboxylic acids is 2. The summed E-state index contributed by atoms with van der Waals surface area (Å²) in [4.78, 5) is 27.3. The van der Waals surface area contributed by atoms with Crippen LogP contribution in [0, 0.1) is 5.92 Å². The average Bonchev–Trinajstić information content (AvgIpc) is 3.14. The molecule has 0 aromatic heterocycles. The molecule has 2 amide bonds. The number of hydrogen-bond acceptors (Lipinski definition) is 4. The van der Waals surface area contributed by atoms with Crippen LogP contribution in [0.25, 0.3) is 0 Å². The number of carbonyl (C=O) groups is 2. The minimum absolute atomic E-state index is 0.0240. The topological polar surface area (TPSA) is 67.9 Å². The Balaban J connectivity index is 1.76. The zero-order chi connectivity index (χ0) is 21.0. The Labute approximate surface area is 171 Å². The van der Waals surface area contributed by atoms with Gasteiger partial charge in [-0.25, -0.2) is 0 Å². The van der Waals surface area contributed by atoms with Crippen molar-refractivity contribution in [2.45, 2.75) is 32.6 Å². The Kier molecular flexibility index (Phi) is 6.42. The molecule has 3 rings (SSSR count). The van der Waals surface area contributed by atoms with Crippen molar-refractivity contribution in [1.82, 2.24) is 0 Å². The molecule has 0 bridgehead atoms. The monoisotopic (exact) mass is 396 g/mol. The van der Waals surface area contributed by atoms with Crippen molar-refractivity contribution < 1.29 is 19.1 Å². The molecule has 154 valence electrons. The maximum absolute atomic E-state index is 12.8. The van der Waals surface area contributed by atoms with Crippen LogP contribution in [-0.2, 0) is 9.59 Å². The van der Waals surface area contributed by atoms with E-state index < -0.39 is 5.92 Å². The van der Waals surface area contributed by atoms with Gasteiger partial charge in [-0.15, -0.1) is 0 Å². The molecule has 1 N–H and O–H groups in total. The van der Waals surface area contributed by atoms with Gasteiger partial charge in [0.1, 0.15) is 11.5 Å². The lowest BCUT2D eigenvalue weighted by atomic mass is 9.96. The van der Waals surface area contributed by atoms with Gasteiger partial charge in [0.25, 0.3) is 0 Å². The highest BCUT2D eigenvalue weighted by Crippen LogP contribution is 2.34. The first-order chi connectivity index (χ1) is 14.0. The zero-order valence-corrected chi connectivity index (χ0v) is 17.4. The summed E-state index contributed by atoms with van der Waals surface area (Å²) in [6.07, 6.45) is 1.18. The van der Waals surface area contributed by atoms with E-state index in [0.717, 1.165) is 17.7 Å². The van der Waals surface area contributed by atoms with Crippen molar-refractivity contribution in [2.75, 3.05) is 31.0 Å². The molecule has 1 saturated heterocycles. The molecule has 6 nitrogen and oxygen atoms in total. The van der Waals surface area contributed by atoms with Crippen molar-refractivity contribution >= 4 is 23.2 Å². The van der Waals surface area contributed by atoms with Gasteiger partial charge in [0.15, 0.2) is 0 Å². The van der Waals surface area contributed by atoms with Crippen LogP contribution < -0.4 is 19.7 Å². The maximum atomic E-state index is 12.8. The summed E-state index contributed by atoms with van der Waals surface area (Å²) >= 11 is 0. The Morgan fingerprint density at radius 3 is 2.45 bits per heavy atom. The molecule has 0 spiro atoms. The van der Waals surface area contributed by atoms with Gasteiger partial charge in [0.2, 0.25) is 11.8 Å². The van der Waals surface area contributed by atoms with Crippen LogP contribution in [0.1, 0.15) is 38.2 Å². The van der Waals surface area contributed by atoms with E-state index in [4.69, 9.17) is 9.47 Å². The lowest BCUT2D eigenvalue weighted by Gasteiger charge is -2.23. The van der Waals surface area contributed by atoms with Crippen LogP contribution in [0.5, 0.6) is 11.5 Å². The number of nitrogens with zero attached hydrogens (tertiary/aromatic N) is 1. The van der Waals surface area contributed by atoms with Crippen molar-refractivity contribution in [3.63, 3.8) is 0 Å². The second-order valence-corrected chi connectivity index (χ2v) is 7.36. The lowest BCUT2D eigenvalue weighted by molar-refractivity contribution is -0.122. The van der Waals surface area contributed by atoms with Crippen molar-refractivity contribution in [1.29, 1.82) is 0 Å². The molecule has 1 fully saturated rings.